The molecule has 1 aliphatic rings. The minimum Gasteiger partial charge on any atom is -0.380 e. The van der Waals surface area contributed by atoms with Crippen LogP contribution in [0.4, 0.5) is 5.69 Å². The van der Waals surface area contributed by atoms with Crippen LogP contribution < -0.4 is 5.32 Å². The van der Waals surface area contributed by atoms with Gasteiger partial charge in [-0.05, 0) is 82.2 Å². The van der Waals surface area contributed by atoms with E-state index in [1.54, 1.807) is 0 Å². The molecule has 0 aliphatic heterocycles. The zero-order valence-electron chi connectivity index (χ0n) is 8.98. The van der Waals surface area contributed by atoms with Crippen LogP contribution in [0.2, 0.25) is 0 Å². The maximum absolute atomic E-state index is 3.60. The second-order valence-electron chi connectivity index (χ2n) is 4.37. The summed E-state index contributed by atoms with van der Waals surface area (Å²) in [7, 11) is 0. The molecule has 2 rings (SSSR count). The molecule has 1 nitrogen and oxygen atoms in total. The molecule has 0 radical (unpaired) electrons. The highest BCUT2D eigenvalue weighted by Crippen LogP contribution is 2.38. The Kier molecular flexibility index (Phi) is 3.41. The summed E-state index contributed by atoms with van der Waals surface area (Å²) >= 11 is 7.21. The molecule has 1 aliphatic carbocycles. The lowest BCUT2D eigenvalue weighted by Gasteiger charge is -2.17. The summed E-state index contributed by atoms with van der Waals surface area (Å²) in [5.74, 6) is 0.866. The van der Waals surface area contributed by atoms with E-state index in [0.717, 1.165) is 14.9 Å². The number of nitrogens with one attached hydrogen (secondary N) is 1. The van der Waals surface area contributed by atoms with Gasteiger partial charge in [-0.2, -0.15) is 0 Å². The number of halogens is 2. The van der Waals surface area contributed by atoms with Crippen molar-refractivity contribution in [3.63, 3.8) is 0 Å². The highest BCUT2D eigenvalue weighted by Gasteiger charge is 2.28. The van der Waals surface area contributed by atoms with Gasteiger partial charge >= 0.3 is 0 Å². The second-order valence-corrected chi connectivity index (χ2v) is 6.08. The minimum absolute atomic E-state index is 0.570. The van der Waals surface area contributed by atoms with Crippen LogP contribution in [-0.2, 0) is 0 Å². The van der Waals surface area contributed by atoms with Gasteiger partial charge in [-0.3, -0.25) is 0 Å². The molecule has 0 heterocycles. The number of hydrogen-bond donors (Lipinski definition) is 1. The molecule has 1 aromatic rings. The largest absolute Gasteiger partial charge is 0.380 e. The first-order chi connectivity index (χ1) is 7.08. The Morgan fingerprint density at radius 3 is 2.27 bits per heavy atom. The molecule has 0 saturated heterocycles. The summed E-state index contributed by atoms with van der Waals surface area (Å²) in [6.07, 6.45) is 2.74. The van der Waals surface area contributed by atoms with Crippen molar-refractivity contribution in [1.29, 1.82) is 0 Å². The monoisotopic (exact) mass is 331 g/mol. The zero-order chi connectivity index (χ0) is 11.0. The van der Waals surface area contributed by atoms with Crippen LogP contribution in [0.3, 0.4) is 0 Å². The van der Waals surface area contributed by atoms with Crippen LogP contribution in [0.5, 0.6) is 0 Å². The summed E-state index contributed by atoms with van der Waals surface area (Å²) in [4.78, 5) is 0. The van der Waals surface area contributed by atoms with Gasteiger partial charge in [-0.15, -0.1) is 0 Å². The van der Waals surface area contributed by atoms with E-state index in [9.17, 15) is 0 Å². The number of benzene rings is 1. The van der Waals surface area contributed by atoms with Crippen molar-refractivity contribution in [3.05, 3.63) is 26.6 Å². The molecule has 0 aromatic heterocycles. The molecule has 1 aromatic carbocycles. The Morgan fingerprint density at radius 1 is 1.27 bits per heavy atom. The van der Waals surface area contributed by atoms with E-state index in [4.69, 9.17) is 0 Å². The minimum atomic E-state index is 0.570. The predicted octanol–water partition coefficient (Wildman–Crippen LogP) is 4.73. The van der Waals surface area contributed by atoms with Crippen molar-refractivity contribution >= 4 is 37.5 Å². The van der Waals surface area contributed by atoms with E-state index in [2.05, 4.69) is 63.2 Å². The highest BCUT2D eigenvalue weighted by molar-refractivity contribution is 9.11. The second kappa shape index (κ2) is 4.46. The standard InChI is InChI=1S/C12H15Br2N/c1-7-5-10(13)12(11(14)6-7)15-8(2)9-3-4-9/h5-6,8-9,15H,3-4H2,1-2H3. The van der Waals surface area contributed by atoms with Crippen molar-refractivity contribution in [2.24, 2.45) is 5.92 Å². The quantitative estimate of drug-likeness (QED) is 0.843. The number of hydrogen-bond acceptors (Lipinski definition) is 1. The van der Waals surface area contributed by atoms with Gasteiger partial charge in [0.25, 0.3) is 0 Å². The topological polar surface area (TPSA) is 12.0 Å². The average Bonchev–Trinajstić information content (AvgIpc) is 2.93. The van der Waals surface area contributed by atoms with Gasteiger partial charge in [0.05, 0.1) is 5.69 Å². The van der Waals surface area contributed by atoms with Gasteiger partial charge in [0.15, 0.2) is 0 Å². The molecule has 3 heteroatoms. The van der Waals surface area contributed by atoms with E-state index in [1.165, 1.54) is 24.1 Å². The number of aryl methyl sites for hydroxylation is 1. The summed E-state index contributed by atoms with van der Waals surface area (Å²) in [6, 6.07) is 4.86. The van der Waals surface area contributed by atoms with Crippen molar-refractivity contribution in [3.8, 4) is 0 Å². The first kappa shape index (κ1) is 11.5. The van der Waals surface area contributed by atoms with Crippen molar-refractivity contribution in [2.45, 2.75) is 32.7 Å². The van der Waals surface area contributed by atoms with Crippen molar-refractivity contribution in [2.75, 3.05) is 5.32 Å². The molecule has 15 heavy (non-hydrogen) atoms. The van der Waals surface area contributed by atoms with Crippen LogP contribution in [0.15, 0.2) is 21.1 Å². The maximum Gasteiger partial charge on any atom is 0.0631 e. The number of rotatable bonds is 3. The molecule has 1 atom stereocenters. The molecule has 0 amide bonds. The Bertz CT molecular complexity index is 349. The van der Waals surface area contributed by atoms with Crippen LogP contribution in [-0.4, -0.2) is 6.04 Å². The first-order valence-corrected chi connectivity index (χ1v) is 6.88. The van der Waals surface area contributed by atoms with Crippen LogP contribution >= 0.6 is 31.9 Å². The lowest BCUT2D eigenvalue weighted by Crippen LogP contribution is -2.17. The van der Waals surface area contributed by atoms with Crippen LogP contribution in [0.25, 0.3) is 0 Å². The molecular formula is C12H15Br2N. The van der Waals surface area contributed by atoms with Gasteiger partial charge in [-0.25, -0.2) is 0 Å². The lowest BCUT2D eigenvalue weighted by atomic mass is 10.2. The smallest absolute Gasteiger partial charge is 0.0631 e. The predicted molar refractivity (Wildman–Crippen MR) is 72.4 cm³/mol. The first-order valence-electron chi connectivity index (χ1n) is 5.30. The fraction of sp³-hybridized carbons (Fsp3) is 0.500. The Balaban J connectivity index is 2.19. The Hall–Kier alpha value is -0.0200. The third-order valence-corrected chi connectivity index (χ3v) is 4.14. The van der Waals surface area contributed by atoms with Crippen molar-refractivity contribution < 1.29 is 0 Å². The Labute approximate surface area is 108 Å². The van der Waals surface area contributed by atoms with E-state index in [1.807, 2.05) is 0 Å². The van der Waals surface area contributed by atoms with E-state index in [-0.39, 0.29) is 0 Å². The molecule has 0 spiro atoms. The number of anilines is 1. The zero-order valence-corrected chi connectivity index (χ0v) is 12.2. The normalized spacial score (nSPS) is 17.6. The van der Waals surface area contributed by atoms with E-state index >= 15 is 0 Å². The fourth-order valence-corrected chi connectivity index (χ4v) is 3.42. The molecule has 1 N–H and O–H groups in total. The highest BCUT2D eigenvalue weighted by atomic mass is 79.9. The lowest BCUT2D eigenvalue weighted by molar-refractivity contribution is 0.693. The van der Waals surface area contributed by atoms with Crippen LogP contribution in [0.1, 0.15) is 25.3 Å². The summed E-state index contributed by atoms with van der Waals surface area (Å²) < 4.78 is 2.28. The van der Waals surface area contributed by atoms with E-state index < -0.39 is 0 Å². The van der Waals surface area contributed by atoms with E-state index in [0.29, 0.717) is 6.04 Å². The summed E-state index contributed by atoms with van der Waals surface area (Å²) in [5, 5.41) is 3.57. The molecule has 0 bridgehead atoms. The fourth-order valence-electron chi connectivity index (χ4n) is 1.78. The molecule has 1 unspecified atom stereocenters. The van der Waals surface area contributed by atoms with Crippen molar-refractivity contribution in [1.82, 2.24) is 0 Å². The van der Waals surface area contributed by atoms with Gasteiger partial charge in [0, 0.05) is 15.0 Å². The third kappa shape index (κ3) is 2.76. The van der Waals surface area contributed by atoms with Gasteiger partial charge in [0.2, 0.25) is 0 Å². The molecular weight excluding hydrogens is 318 g/mol. The maximum atomic E-state index is 3.60. The average molecular weight is 333 g/mol. The molecule has 1 fully saturated rings. The van der Waals surface area contributed by atoms with Gasteiger partial charge < -0.3 is 5.32 Å². The summed E-state index contributed by atoms with van der Waals surface area (Å²) in [5.41, 5.74) is 2.44. The third-order valence-electron chi connectivity index (χ3n) is 2.89. The summed E-state index contributed by atoms with van der Waals surface area (Å²) in [6.45, 7) is 4.36. The van der Waals surface area contributed by atoms with Gasteiger partial charge in [-0.1, -0.05) is 0 Å². The SMILES string of the molecule is Cc1cc(Br)c(NC(C)C2CC2)c(Br)c1. The Morgan fingerprint density at radius 2 is 1.80 bits per heavy atom. The van der Waals surface area contributed by atoms with Gasteiger partial charge in [0.1, 0.15) is 0 Å². The van der Waals surface area contributed by atoms with Crippen LogP contribution in [0, 0.1) is 12.8 Å². The molecule has 1 saturated carbocycles. The molecule has 82 valence electrons.